The number of amides is 1. The number of nitrogens with one attached hydrogen (secondary N) is 1. The van der Waals surface area contributed by atoms with Crippen molar-refractivity contribution in [2.75, 3.05) is 5.73 Å². The number of aryl methyl sites for hydroxylation is 3. The monoisotopic (exact) mass is 289 g/mol. The standard InChI is InChI=1S/C15H19N3OS/c1-8-5-6-12(7-13(8)16)15(19)18-10(3)14-9(2)17-11(4)20-14/h5-7,10H,16H2,1-4H3,(H,18,19). The zero-order valence-electron chi connectivity index (χ0n) is 12.2. The van der Waals surface area contributed by atoms with Gasteiger partial charge in [-0.3, -0.25) is 4.79 Å². The van der Waals surface area contributed by atoms with Crippen LogP contribution < -0.4 is 11.1 Å². The van der Waals surface area contributed by atoms with Gasteiger partial charge in [0.1, 0.15) is 0 Å². The van der Waals surface area contributed by atoms with Crippen LogP contribution in [0.1, 0.15) is 44.5 Å². The number of aromatic nitrogens is 1. The largest absolute Gasteiger partial charge is 0.398 e. The molecular formula is C15H19N3OS. The minimum Gasteiger partial charge on any atom is -0.398 e. The lowest BCUT2D eigenvalue weighted by molar-refractivity contribution is 0.0940. The van der Waals surface area contributed by atoms with Crippen LogP contribution in [0.15, 0.2) is 18.2 Å². The minimum atomic E-state index is -0.116. The minimum absolute atomic E-state index is 0.0590. The van der Waals surface area contributed by atoms with Crippen LogP contribution in [0, 0.1) is 20.8 Å². The molecule has 2 rings (SSSR count). The van der Waals surface area contributed by atoms with Crippen LogP contribution in [0.4, 0.5) is 5.69 Å². The van der Waals surface area contributed by atoms with Crippen molar-refractivity contribution >= 4 is 22.9 Å². The Morgan fingerprint density at radius 3 is 2.60 bits per heavy atom. The Kier molecular flexibility index (Phi) is 4.09. The lowest BCUT2D eigenvalue weighted by atomic mass is 10.1. The normalized spacial score (nSPS) is 12.2. The van der Waals surface area contributed by atoms with Gasteiger partial charge < -0.3 is 11.1 Å². The molecule has 1 unspecified atom stereocenters. The molecule has 1 heterocycles. The number of carbonyl (C=O) groups is 1. The van der Waals surface area contributed by atoms with Crippen LogP contribution in [0.3, 0.4) is 0 Å². The number of rotatable bonds is 3. The van der Waals surface area contributed by atoms with Crippen molar-refractivity contribution in [2.24, 2.45) is 0 Å². The Bertz CT molecular complexity index is 649. The number of nitrogens with zero attached hydrogens (tertiary/aromatic N) is 1. The molecule has 0 aliphatic heterocycles. The maximum absolute atomic E-state index is 12.2. The topological polar surface area (TPSA) is 68.0 Å². The van der Waals surface area contributed by atoms with Gasteiger partial charge in [0, 0.05) is 16.1 Å². The van der Waals surface area contributed by atoms with E-state index in [1.807, 2.05) is 33.8 Å². The fraction of sp³-hybridized carbons (Fsp3) is 0.333. The van der Waals surface area contributed by atoms with Gasteiger partial charge in [0.25, 0.3) is 5.91 Å². The van der Waals surface area contributed by atoms with Crippen LogP contribution in [0.2, 0.25) is 0 Å². The van der Waals surface area contributed by atoms with Crippen molar-refractivity contribution in [3.63, 3.8) is 0 Å². The predicted molar refractivity (Wildman–Crippen MR) is 83.1 cm³/mol. The van der Waals surface area contributed by atoms with E-state index >= 15 is 0 Å². The highest BCUT2D eigenvalue weighted by Gasteiger charge is 2.16. The summed E-state index contributed by atoms with van der Waals surface area (Å²) in [7, 11) is 0. The molecule has 3 N–H and O–H groups in total. The van der Waals surface area contributed by atoms with E-state index < -0.39 is 0 Å². The van der Waals surface area contributed by atoms with Crippen LogP contribution in [0.5, 0.6) is 0 Å². The van der Waals surface area contributed by atoms with Gasteiger partial charge in [0.15, 0.2) is 0 Å². The molecule has 0 spiro atoms. The summed E-state index contributed by atoms with van der Waals surface area (Å²) in [5, 5.41) is 4.00. The van der Waals surface area contributed by atoms with Crippen LogP contribution in [0.25, 0.3) is 0 Å². The first-order valence-corrected chi connectivity index (χ1v) is 7.31. The molecule has 0 saturated heterocycles. The summed E-state index contributed by atoms with van der Waals surface area (Å²) in [6.45, 7) is 7.82. The molecule has 0 fully saturated rings. The summed E-state index contributed by atoms with van der Waals surface area (Å²) in [5.41, 5.74) is 9.01. The van der Waals surface area contributed by atoms with Gasteiger partial charge in [-0.2, -0.15) is 0 Å². The average Bonchev–Trinajstić information content (AvgIpc) is 2.71. The van der Waals surface area contributed by atoms with Crippen molar-refractivity contribution in [1.82, 2.24) is 10.3 Å². The molecule has 0 radical (unpaired) electrons. The molecule has 1 aromatic carbocycles. The highest BCUT2D eigenvalue weighted by molar-refractivity contribution is 7.11. The van der Waals surface area contributed by atoms with Crippen molar-refractivity contribution in [3.05, 3.63) is 44.9 Å². The van der Waals surface area contributed by atoms with E-state index in [2.05, 4.69) is 10.3 Å². The van der Waals surface area contributed by atoms with Gasteiger partial charge in [0.05, 0.1) is 16.7 Å². The SMILES string of the molecule is Cc1nc(C)c(C(C)NC(=O)c2ccc(C)c(N)c2)s1. The Labute approximate surface area is 123 Å². The summed E-state index contributed by atoms with van der Waals surface area (Å²) in [6.07, 6.45) is 0. The van der Waals surface area contributed by atoms with E-state index in [0.717, 1.165) is 21.1 Å². The van der Waals surface area contributed by atoms with Crippen molar-refractivity contribution < 1.29 is 4.79 Å². The van der Waals surface area contributed by atoms with E-state index in [1.54, 1.807) is 23.5 Å². The molecule has 106 valence electrons. The van der Waals surface area contributed by atoms with Gasteiger partial charge in [-0.25, -0.2) is 4.98 Å². The summed E-state index contributed by atoms with van der Waals surface area (Å²) >= 11 is 1.61. The maximum atomic E-state index is 12.2. The molecule has 0 aliphatic rings. The second-order valence-corrected chi connectivity index (χ2v) is 6.18. The number of carbonyl (C=O) groups excluding carboxylic acids is 1. The van der Waals surface area contributed by atoms with Gasteiger partial charge in [-0.05, 0) is 45.4 Å². The molecule has 20 heavy (non-hydrogen) atoms. The van der Waals surface area contributed by atoms with Crippen molar-refractivity contribution in [1.29, 1.82) is 0 Å². The fourth-order valence-electron chi connectivity index (χ4n) is 2.08. The number of hydrogen-bond donors (Lipinski definition) is 2. The van der Waals surface area contributed by atoms with Crippen LogP contribution in [-0.4, -0.2) is 10.9 Å². The maximum Gasteiger partial charge on any atom is 0.251 e. The molecule has 2 aromatic rings. The van der Waals surface area contributed by atoms with Crippen molar-refractivity contribution in [3.8, 4) is 0 Å². The number of benzene rings is 1. The third-order valence-corrected chi connectivity index (χ3v) is 4.48. The molecule has 0 saturated carbocycles. The Hall–Kier alpha value is -1.88. The number of nitrogen functional groups attached to an aromatic ring is 1. The molecule has 1 amide bonds. The first kappa shape index (κ1) is 14.5. The van der Waals surface area contributed by atoms with E-state index in [-0.39, 0.29) is 11.9 Å². The van der Waals surface area contributed by atoms with Crippen LogP contribution >= 0.6 is 11.3 Å². The molecule has 4 nitrogen and oxygen atoms in total. The van der Waals surface area contributed by atoms with Crippen LogP contribution in [-0.2, 0) is 0 Å². The van der Waals surface area contributed by atoms with Gasteiger partial charge in [0.2, 0.25) is 0 Å². The molecule has 0 aliphatic carbocycles. The lowest BCUT2D eigenvalue weighted by Gasteiger charge is -2.13. The quantitative estimate of drug-likeness (QED) is 0.853. The van der Waals surface area contributed by atoms with Gasteiger partial charge >= 0.3 is 0 Å². The lowest BCUT2D eigenvalue weighted by Crippen LogP contribution is -2.26. The third kappa shape index (κ3) is 2.99. The van der Waals surface area contributed by atoms with E-state index in [4.69, 9.17) is 5.73 Å². The molecule has 0 bridgehead atoms. The number of anilines is 1. The summed E-state index contributed by atoms with van der Waals surface area (Å²) in [4.78, 5) is 17.7. The van der Waals surface area contributed by atoms with E-state index in [9.17, 15) is 4.79 Å². The highest BCUT2D eigenvalue weighted by Crippen LogP contribution is 2.24. The smallest absolute Gasteiger partial charge is 0.251 e. The molecule has 1 aromatic heterocycles. The summed E-state index contributed by atoms with van der Waals surface area (Å²) in [5.74, 6) is -0.116. The first-order valence-electron chi connectivity index (χ1n) is 6.49. The second kappa shape index (κ2) is 5.63. The summed E-state index contributed by atoms with van der Waals surface area (Å²) < 4.78 is 0. The number of thiazole rings is 1. The van der Waals surface area contributed by atoms with Gasteiger partial charge in [-0.1, -0.05) is 6.07 Å². The Morgan fingerprint density at radius 2 is 2.05 bits per heavy atom. The predicted octanol–water partition coefficient (Wildman–Crippen LogP) is 3.14. The zero-order valence-corrected chi connectivity index (χ0v) is 13.0. The second-order valence-electron chi connectivity index (χ2n) is 4.95. The Balaban J connectivity index is 2.15. The number of hydrogen-bond acceptors (Lipinski definition) is 4. The highest BCUT2D eigenvalue weighted by atomic mass is 32.1. The third-order valence-electron chi connectivity index (χ3n) is 3.22. The van der Waals surface area contributed by atoms with E-state index in [0.29, 0.717) is 11.3 Å². The molecule has 1 atom stereocenters. The number of nitrogens with two attached hydrogens (primary N) is 1. The van der Waals surface area contributed by atoms with Gasteiger partial charge in [-0.15, -0.1) is 11.3 Å². The first-order chi connectivity index (χ1) is 9.38. The Morgan fingerprint density at radius 1 is 1.35 bits per heavy atom. The van der Waals surface area contributed by atoms with E-state index in [1.165, 1.54) is 0 Å². The molecule has 5 heteroatoms. The van der Waals surface area contributed by atoms with Crippen molar-refractivity contribution in [2.45, 2.75) is 33.7 Å². The zero-order chi connectivity index (χ0) is 14.9. The molecular weight excluding hydrogens is 270 g/mol. The average molecular weight is 289 g/mol. The summed E-state index contributed by atoms with van der Waals surface area (Å²) in [6, 6.07) is 5.30. The fourth-order valence-corrected chi connectivity index (χ4v) is 3.01.